The van der Waals surface area contributed by atoms with Crippen LogP contribution in [0.15, 0.2) is 0 Å². The zero-order valence-corrected chi connectivity index (χ0v) is 16.6. The van der Waals surface area contributed by atoms with E-state index in [4.69, 9.17) is 19.6 Å². The van der Waals surface area contributed by atoms with Crippen LogP contribution in [-0.4, -0.2) is 54.8 Å². The third kappa shape index (κ3) is 6.74. The summed E-state index contributed by atoms with van der Waals surface area (Å²) in [4.78, 5) is 37.5. The predicted molar refractivity (Wildman–Crippen MR) is 70.7 cm³/mol. The maximum absolute atomic E-state index is 11.1. The van der Waals surface area contributed by atoms with E-state index in [1.165, 1.54) is 0 Å². The number of hydrogen-bond donors (Lipinski definition) is 5. The quantitative estimate of drug-likeness (QED) is 0.220. The summed E-state index contributed by atoms with van der Waals surface area (Å²) < 4.78 is 22.2. The number of aliphatic hydroxyl groups is 1. The van der Waals surface area contributed by atoms with E-state index >= 15 is 0 Å². The van der Waals surface area contributed by atoms with Crippen molar-refractivity contribution in [3.05, 3.63) is 0 Å². The fraction of sp³-hybridized carbons (Fsp3) is 1.00. The van der Waals surface area contributed by atoms with Crippen molar-refractivity contribution in [3.8, 4) is 0 Å². The van der Waals surface area contributed by atoms with Crippen LogP contribution in [0.4, 0.5) is 0 Å². The van der Waals surface area contributed by atoms with Crippen molar-refractivity contribution in [1.29, 1.82) is 0 Å². The van der Waals surface area contributed by atoms with Gasteiger partial charge in [0.2, 0.25) is 0 Å². The van der Waals surface area contributed by atoms with Crippen LogP contribution >= 0.6 is 15.2 Å². The average molecular weight is 385 g/mol. The Bertz CT molecular complexity index is 347. The number of hydrogen-bond acceptors (Lipinski definition) is 4. The first-order chi connectivity index (χ1) is 8.45. The topological polar surface area (TPSA) is 139 Å². The molecule has 0 aromatic carbocycles. The van der Waals surface area contributed by atoms with Crippen LogP contribution in [0, 0.1) is 0 Å². The zero-order chi connectivity index (χ0) is 15.3. The molecule has 8 nitrogen and oxygen atoms in total. The van der Waals surface area contributed by atoms with Gasteiger partial charge in [0.1, 0.15) is 0 Å². The first kappa shape index (κ1) is 23.1. The second-order valence-electron chi connectivity index (χ2n) is 4.62. The van der Waals surface area contributed by atoms with Gasteiger partial charge in [-0.3, -0.25) is 9.13 Å². The Balaban J connectivity index is 0. The summed E-state index contributed by atoms with van der Waals surface area (Å²) in [7, 11) is -9.00. The molecule has 0 bridgehead atoms. The van der Waals surface area contributed by atoms with Crippen molar-refractivity contribution in [2.75, 3.05) is 20.1 Å². The number of nitrogens with zero attached hydrogens (tertiary/aromatic N) is 1. The summed E-state index contributed by atoms with van der Waals surface area (Å²) in [6.07, 6.45) is 2.19. The molecule has 0 aromatic rings. The van der Waals surface area contributed by atoms with Gasteiger partial charge in [0.05, 0.1) is 0 Å². The first-order valence-electron chi connectivity index (χ1n) is 5.98. The van der Waals surface area contributed by atoms with E-state index in [0.717, 1.165) is 19.3 Å². The van der Waals surface area contributed by atoms with E-state index in [1.807, 2.05) is 6.92 Å². The van der Waals surface area contributed by atoms with Gasteiger partial charge in [-0.1, -0.05) is 19.8 Å². The molecule has 0 aliphatic carbocycles. The van der Waals surface area contributed by atoms with Crippen LogP contribution in [0.5, 0.6) is 0 Å². The largest absolute Gasteiger partial charge is 0.369 e. The standard InChI is InChI=1S/C9H23NO7P2.Zn/c1-3-4-5-7-10(2)8-6-9(11,18(12,13)14)19(15,16)17;/h11H,3-8H2,1-2H3,(H2,12,13,14)(H2,15,16,17);. The molecule has 0 rings (SSSR count). The molecule has 0 aliphatic rings. The zero-order valence-electron chi connectivity index (χ0n) is 11.8. The van der Waals surface area contributed by atoms with Crippen LogP contribution < -0.4 is 0 Å². The summed E-state index contributed by atoms with van der Waals surface area (Å²) in [5.74, 6) is 0. The molecule has 0 unspecified atom stereocenters. The van der Waals surface area contributed by atoms with Gasteiger partial charge in [-0.2, -0.15) is 0 Å². The summed E-state index contributed by atoms with van der Waals surface area (Å²) >= 11 is 0. The fourth-order valence-electron chi connectivity index (χ4n) is 1.55. The Morgan fingerprint density at radius 1 is 1.00 bits per heavy atom. The van der Waals surface area contributed by atoms with Gasteiger partial charge in [0, 0.05) is 32.4 Å². The van der Waals surface area contributed by atoms with Crippen LogP contribution in [0.2, 0.25) is 0 Å². The average Bonchev–Trinajstić information content (AvgIpc) is 2.23. The molecule has 0 heterocycles. The van der Waals surface area contributed by atoms with Gasteiger partial charge in [0.25, 0.3) is 5.08 Å². The van der Waals surface area contributed by atoms with Gasteiger partial charge < -0.3 is 29.6 Å². The second-order valence-corrected chi connectivity index (χ2v) is 8.63. The minimum absolute atomic E-state index is 0. The molecule has 11 heteroatoms. The van der Waals surface area contributed by atoms with Gasteiger partial charge in [0.15, 0.2) is 0 Å². The Morgan fingerprint density at radius 2 is 1.45 bits per heavy atom. The monoisotopic (exact) mass is 383 g/mol. The van der Waals surface area contributed by atoms with Crippen molar-refractivity contribution in [2.45, 2.75) is 37.7 Å². The van der Waals surface area contributed by atoms with Gasteiger partial charge in [-0.15, -0.1) is 0 Å². The molecule has 20 heavy (non-hydrogen) atoms. The Morgan fingerprint density at radius 3 is 1.80 bits per heavy atom. The van der Waals surface area contributed by atoms with Crippen LogP contribution in [0.1, 0.15) is 32.6 Å². The molecular weight excluding hydrogens is 361 g/mol. The molecule has 0 spiro atoms. The molecule has 0 aliphatic heterocycles. The molecule has 0 amide bonds. The fourth-order valence-corrected chi connectivity index (χ4v) is 3.69. The van der Waals surface area contributed by atoms with E-state index < -0.39 is 26.7 Å². The molecule has 0 aromatic heterocycles. The third-order valence-corrected chi connectivity index (χ3v) is 6.78. The molecule has 0 fully saturated rings. The number of rotatable bonds is 9. The Labute approximate surface area is 131 Å². The van der Waals surface area contributed by atoms with Crippen molar-refractivity contribution in [1.82, 2.24) is 4.90 Å². The molecule has 5 N–H and O–H groups in total. The third-order valence-electron chi connectivity index (χ3n) is 2.91. The molecule has 118 valence electrons. The summed E-state index contributed by atoms with van der Waals surface area (Å²) in [5.41, 5.74) is 0. The normalized spacial score (nSPS) is 13.4. The van der Waals surface area contributed by atoms with E-state index in [-0.39, 0.29) is 26.0 Å². The molecule has 0 radical (unpaired) electrons. The minimum atomic E-state index is -5.33. The van der Waals surface area contributed by atoms with Crippen LogP contribution in [0.3, 0.4) is 0 Å². The molecular formula is C9H23NO7P2Zn. The molecule has 0 saturated carbocycles. The maximum atomic E-state index is 11.1. The van der Waals surface area contributed by atoms with E-state index in [9.17, 15) is 14.2 Å². The SMILES string of the molecule is CCCCCN(C)CCC(O)(P(=O)(O)O)P(=O)(O)O.[Zn]. The van der Waals surface area contributed by atoms with E-state index in [0.29, 0.717) is 6.54 Å². The Kier molecular flexibility index (Phi) is 10.5. The van der Waals surface area contributed by atoms with Gasteiger partial charge >= 0.3 is 15.2 Å². The van der Waals surface area contributed by atoms with Crippen LogP contribution in [0.25, 0.3) is 0 Å². The van der Waals surface area contributed by atoms with Crippen LogP contribution in [-0.2, 0) is 28.6 Å². The maximum Gasteiger partial charge on any atom is 0.369 e. The van der Waals surface area contributed by atoms with E-state index in [1.54, 1.807) is 11.9 Å². The Hall–Kier alpha value is 0.843. The van der Waals surface area contributed by atoms with Gasteiger partial charge in [-0.25, -0.2) is 0 Å². The van der Waals surface area contributed by atoms with Crippen molar-refractivity contribution in [3.63, 3.8) is 0 Å². The summed E-state index contributed by atoms with van der Waals surface area (Å²) in [6, 6.07) is 0. The van der Waals surface area contributed by atoms with Crippen molar-refractivity contribution in [2.24, 2.45) is 0 Å². The van der Waals surface area contributed by atoms with E-state index in [2.05, 4.69) is 0 Å². The van der Waals surface area contributed by atoms with Crippen molar-refractivity contribution < 1.29 is 53.3 Å². The smallest absolute Gasteiger partial charge is 0.367 e. The first-order valence-corrected chi connectivity index (χ1v) is 9.20. The van der Waals surface area contributed by atoms with Crippen molar-refractivity contribution >= 4 is 15.2 Å². The molecule has 0 saturated heterocycles. The second kappa shape index (κ2) is 9.09. The predicted octanol–water partition coefficient (Wildman–Crippen LogP) is 0.497. The summed E-state index contributed by atoms with van der Waals surface area (Å²) in [6.45, 7) is 2.64. The minimum Gasteiger partial charge on any atom is -0.367 e. The molecule has 0 atom stereocenters. The van der Waals surface area contributed by atoms with Gasteiger partial charge in [-0.05, 0) is 20.0 Å². The number of unbranched alkanes of at least 4 members (excludes halogenated alkanes) is 2. The summed E-state index contributed by atoms with van der Waals surface area (Å²) in [5, 5.41) is 6.35.